The lowest BCUT2D eigenvalue weighted by atomic mass is 9.78. The van der Waals surface area contributed by atoms with E-state index in [-0.39, 0.29) is 24.9 Å². The van der Waals surface area contributed by atoms with Gasteiger partial charge in [-0.25, -0.2) is 4.39 Å². The average Bonchev–Trinajstić information content (AvgIpc) is 2.31. The van der Waals surface area contributed by atoms with Gasteiger partial charge in [0.25, 0.3) is 0 Å². The molecule has 4 nitrogen and oxygen atoms in total. The first kappa shape index (κ1) is 13.8. The minimum absolute atomic E-state index is 0.186. The van der Waals surface area contributed by atoms with Crippen LogP contribution in [0.5, 0.6) is 5.75 Å². The molecule has 0 unspecified atom stereocenters. The average molecular weight is 268 g/mol. The van der Waals surface area contributed by atoms with Gasteiger partial charge in [-0.15, -0.1) is 0 Å². The molecule has 1 aliphatic heterocycles. The molecule has 2 rings (SSSR count). The summed E-state index contributed by atoms with van der Waals surface area (Å²) in [7, 11) is 0. The molecular weight excluding hydrogens is 251 g/mol. The summed E-state index contributed by atoms with van der Waals surface area (Å²) in [5, 5.41) is 0. The topological polar surface area (TPSA) is 44.8 Å². The van der Waals surface area contributed by atoms with Crippen molar-refractivity contribution in [2.45, 2.75) is 19.3 Å². The van der Waals surface area contributed by atoms with Crippen molar-refractivity contribution in [3.8, 4) is 5.75 Å². The summed E-state index contributed by atoms with van der Waals surface area (Å²) in [6.45, 7) is 4.65. The van der Waals surface area contributed by atoms with Gasteiger partial charge in [-0.1, -0.05) is 6.07 Å². The quantitative estimate of drug-likeness (QED) is 0.767. The highest BCUT2D eigenvalue weighted by Crippen LogP contribution is 2.35. The van der Waals surface area contributed by atoms with E-state index in [1.807, 2.05) is 0 Å². The maximum absolute atomic E-state index is 13.9. The van der Waals surface area contributed by atoms with Crippen molar-refractivity contribution in [1.82, 2.24) is 0 Å². The largest absolute Gasteiger partial charge is 0.491 e. The molecule has 0 aromatic heterocycles. The predicted molar refractivity (Wildman–Crippen MR) is 66.7 cm³/mol. The molecule has 0 spiro atoms. The fourth-order valence-electron chi connectivity index (χ4n) is 2.05. The third kappa shape index (κ3) is 2.42. The van der Waals surface area contributed by atoms with Crippen molar-refractivity contribution < 1.29 is 23.4 Å². The summed E-state index contributed by atoms with van der Waals surface area (Å²) in [6, 6.07) is 4.55. The van der Waals surface area contributed by atoms with Crippen molar-refractivity contribution in [3.63, 3.8) is 0 Å². The van der Waals surface area contributed by atoms with Gasteiger partial charge >= 0.3 is 5.97 Å². The van der Waals surface area contributed by atoms with Gasteiger partial charge in [0.15, 0.2) is 11.6 Å². The second kappa shape index (κ2) is 5.57. The second-order valence-electron chi connectivity index (χ2n) is 4.37. The van der Waals surface area contributed by atoms with Gasteiger partial charge in [0.05, 0.1) is 26.4 Å². The molecular formula is C14H17FO4. The van der Waals surface area contributed by atoms with Crippen LogP contribution >= 0.6 is 0 Å². The van der Waals surface area contributed by atoms with Gasteiger partial charge in [0, 0.05) is 0 Å². The van der Waals surface area contributed by atoms with Gasteiger partial charge in [-0.3, -0.25) is 4.79 Å². The number of esters is 1. The molecule has 1 heterocycles. The summed E-state index contributed by atoms with van der Waals surface area (Å²) < 4.78 is 29.2. The highest BCUT2D eigenvalue weighted by molar-refractivity contribution is 5.84. The first-order valence-electron chi connectivity index (χ1n) is 6.32. The van der Waals surface area contributed by atoms with Crippen molar-refractivity contribution in [2.75, 3.05) is 26.4 Å². The Labute approximate surface area is 111 Å². The van der Waals surface area contributed by atoms with Crippen LogP contribution in [0.15, 0.2) is 18.2 Å². The maximum Gasteiger partial charge on any atom is 0.321 e. The molecule has 1 saturated heterocycles. The Kier molecular flexibility index (Phi) is 4.04. The summed E-state index contributed by atoms with van der Waals surface area (Å²) >= 11 is 0. The summed E-state index contributed by atoms with van der Waals surface area (Å²) in [5.41, 5.74) is -0.306. The Morgan fingerprint density at radius 3 is 2.58 bits per heavy atom. The minimum Gasteiger partial charge on any atom is -0.491 e. The van der Waals surface area contributed by atoms with E-state index in [1.54, 1.807) is 19.9 Å². The lowest BCUT2D eigenvalue weighted by Gasteiger charge is -2.39. The van der Waals surface area contributed by atoms with Crippen molar-refractivity contribution >= 4 is 5.97 Å². The van der Waals surface area contributed by atoms with Crippen LogP contribution in [0.25, 0.3) is 0 Å². The van der Waals surface area contributed by atoms with Crippen LogP contribution in [0, 0.1) is 5.82 Å². The van der Waals surface area contributed by atoms with Gasteiger partial charge in [-0.05, 0) is 31.5 Å². The molecule has 1 aliphatic rings. The van der Waals surface area contributed by atoms with Crippen LogP contribution in [-0.2, 0) is 19.7 Å². The highest BCUT2D eigenvalue weighted by Gasteiger charge is 2.49. The standard InChI is InChI=1S/C14H17FO4/c1-3-18-12-6-5-10(7-11(12)15)14(8-17-9-14)13(16)19-4-2/h5-7H,3-4,8-9H2,1-2H3. The number of ether oxygens (including phenoxy) is 3. The molecule has 19 heavy (non-hydrogen) atoms. The molecule has 5 heteroatoms. The maximum atomic E-state index is 13.9. The molecule has 1 fully saturated rings. The second-order valence-corrected chi connectivity index (χ2v) is 4.37. The minimum atomic E-state index is -0.873. The lowest BCUT2D eigenvalue weighted by Crippen LogP contribution is -2.53. The molecule has 104 valence electrons. The summed E-state index contributed by atoms with van der Waals surface area (Å²) in [4.78, 5) is 12.0. The van der Waals surface area contributed by atoms with Gasteiger partial charge in [0.2, 0.25) is 0 Å². The first-order valence-corrected chi connectivity index (χ1v) is 6.32. The molecule has 1 aromatic carbocycles. The molecule has 0 aliphatic carbocycles. The van der Waals surface area contributed by atoms with E-state index in [1.165, 1.54) is 12.1 Å². The van der Waals surface area contributed by atoms with E-state index in [2.05, 4.69) is 0 Å². The third-order valence-electron chi connectivity index (χ3n) is 3.15. The normalized spacial score (nSPS) is 16.6. The number of hydrogen-bond donors (Lipinski definition) is 0. The van der Waals surface area contributed by atoms with Crippen LogP contribution in [0.2, 0.25) is 0 Å². The van der Waals surface area contributed by atoms with Crippen LogP contribution in [0.4, 0.5) is 4.39 Å². The number of benzene rings is 1. The Bertz CT molecular complexity index is 469. The van der Waals surface area contributed by atoms with Crippen LogP contribution in [0.3, 0.4) is 0 Å². The molecule has 0 saturated carbocycles. The summed E-state index contributed by atoms with van der Waals surface area (Å²) in [6.07, 6.45) is 0. The van der Waals surface area contributed by atoms with Crippen LogP contribution in [-0.4, -0.2) is 32.4 Å². The molecule has 1 aromatic rings. The van der Waals surface area contributed by atoms with Gasteiger partial charge in [0.1, 0.15) is 5.41 Å². The monoisotopic (exact) mass is 268 g/mol. The Morgan fingerprint density at radius 2 is 2.11 bits per heavy atom. The smallest absolute Gasteiger partial charge is 0.321 e. The predicted octanol–water partition coefficient (Wildman–Crippen LogP) is 2.06. The Morgan fingerprint density at radius 1 is 1.37 bits per heavy atom. The number of carbonyl (C=O) groups excluding carboxylic acids is 1. The zero-order valence-electron chi connectivity index (χ0n) is 11.1. The van der Waals surface area contributed by atoms with Crippen LogP contribution in [0.1, 0.15) is 19.4 Å². The Balaban J connectivity index is 2.29. The third-order valence-corrected chi connectivity index (χ3v) is 3.15. The molecule has 0 atom stereocenters. The van der Waals surface area contributed by atoms with Crippen LogP contribution < -0.4 is 4.74 Å². The van der Waals surface area contributed by atoms with E-state index in [0.29, 0.717) is 18.8 Å². The number of halogens is 1. The highest BCUT2D eigenvalue weighted by atomic mass is 19.1. The van der Waals surface area contributed by atoms with Crippen molar-refractivity contribution in [1.29, 1.82) is 0 Å². The molecule has 0 bridgehead atoms. The number of hydrogen-bond acceptors (Lipinski definition) is 4. The van der Waals surface area contributed by atoms with E-state index in [9.17, 15) is 9.18 Å². The molecule has 0 N–H and O–H groups in total. The van der Waals surface area contributed by atoms with E-state index < -0.39 is 11.2 Å². The van der Waals surface area contributed by atoms with E-state index in [0.717, 1.165) is 0 Å². The molecule has 0 amide bonds. The number of rotatable bonds is 5. The van der Waals surface area contributed by atoms with Crippen molar-refractivity contribution in [2.24, 2.45) is 0 Å². The first-order chi connectivity index (χ1) is 9.14. The molecule has 0 radical (unpaired) electrons. The Hall–Kier alpha value is -1.62. The van der Waals surface area contributed by atoms with Gasteiger partial charge < -0.3 is 14.2 Å². The fraction of sp³-hybridized carbons (Fsp3) is 0.500. The lowest BCUT2D eigenvalue weighted by molar-refractivity contribution is -0.169. The van der Waals surface area contributed by atoms with E-state index in [4.69, 9.17) is 14.2 Å². The fourth-order valence-corrected chi connectivity index (χ4v) is 2.05. The van der Waals surface area contributed by atoms with Crippen molar-refractivity contribution in [3.05, 3.63) is 29.6 Å². The summed E-state index contributed by atoms with van der Waals surface area (Å²) in [5.74, 6) is -0.662. The van der Waals surface area contributed by atoms with E-state index >= 15 is 0 Å². The zero-order valence-corrected chi connectivity index (χ0v) is 11.1. The number of carbonyl (C=O) groups is 1. The zero-order chi connectivity index (χ0) is 13.9. The SMILES string of the molecule is CCOC(=O)C1(c2ccc(OCC)c(F)c2)COC1. The van der Waals surface area contributed by atoms with Gasteiger partial charge in [-0.2, -0.15) is 0 Å².